The predicted molar refractivity (Wildman–Crippen MR) is 120 cm³/mol. The number of benzene rings is 2. The van der Waals surface area contributed by atoms with Crippen LogP contribution in [0.3, 0.4) is 0 Å². The van der Waals surface area contributed by atoms with Crippen LogP contribution in [0.1, 0.15) is 14.8 Å². The van der Waals surface area contributed by atoms with Gasteiger partial charge in [-0.25, -0.2) is 13.5 Å². The van der Waals surface area contributed by atoms with Gasteiger partial charge in [-0.1, -0.05) is 0 Å². The summed E-state index contributed by atoms with van der Waals surface area (Å²) in [6.45, 7) is 4.87. The van der Waals surface area contributed by atoms with E-state index in [0.717, 1.165) is 49.1 Å². The quantitative estimate of drug-likeness (QED) is 0.621. The van der Waals surface area contributed by atoms with Crippen LogP contribution in [0.4, 0.5) is 26.1 Å². The van der Waals surface area contributed by atoms with Crippen LogP contribution in [-0.2, 0) is 0 Å². The van der Waals surface area contributed by atoms with Gasteiger partial charge in [-0.15, -0.1) is 5.10 Å². The monoisotopic (exact) mass is 432 g/mol. The third-order valence-electron chi connectivity index (χ3n) is 5.53. The van der Waals surface area contributed by atoms with Crippen molar-refractivity contribution >= 4 is 17.3 Å². The molecule has 1 unspecified atom stereocenters. The minimum absolute atomic E-state index is 0. The number of anilines is 3. The lowest BCUT2D eigenvalue weighted by Gasteiger charge is -2.40. The van der Waals surface area contributed by atoms with E-state index >= 15 is 0 Å². The summed E-state index contributed by atoms with van der Waals surface area (Å²) in [5, 5.41) is 16.8. The number of piperazine rings is 1. The number of hydrogen-bond acceptors (Lipinski definition) is 6. The first-order valence-electron chi connectivity index (χ1n) is 10.2. The Labute approximate surface area is 182 Å². The number of aryl methyl sites for hydroxylation is 1. The third kappa shape index (κ3) is 5.00. The van der Waals surface area contributed by atoms with Gasteiger partial charge in [0.2, 0.25) is 5.95 Å². The van der Waals surface area contributed by atoms with E-state index in [0.29, 0.717) is 12.0 Å². The maximum atomic E-state index is 13.5. The molecule has 1 aromatic heterocycles. The minimum Gasteiger partial charge on any atom is -0.396 e. The van der Waals surface area contributed by atoms with Gasteiger partial charge >= 0.3 is 0 Å². The van der Waals surface area contributed by atoms with Gasteiger partial charge < -0.3 is 15.3 Å². The predicted octanol–water partition coefficient (Wildman–Crippen LogP) is 3.59. The highest BCUT2D eigenvalue weighted by molar-refractivity contribution is 5.64. The highest BCUT2D eigenvalue weighted by Gasteiger charge is 2.24. The van der Waals surface area contributed by atoms with Crippen molar-refractivity contribution in [2.75, 3.05) is 43.5 Å². The second-order valence-corrected chi connectivity index (χ2v) is 7.92. The Morgan fingerprint density at radius 3 is 2.61 bits per heavy atom. The van der Waals surface area contributed by atoms with E-state index in [-0.39, 0.29) is 15.1 Å². The second-order valence-electron chi connectivity index (χ2n) is 7.92. The number of aliphatic hydroxyl groups is 1. The van der Waals surface area contributed by atoms with E-state index in [9.17, 15) is 13.9 Å². The van der Waals surface area contributed by atoms with E-state index in [1.165, 1.54) is 23.1 Å². The zero-order chi connectivity index (χ0) is 22.0. The molecule has 0 spiro atoms. The van der Waals surface area contributed by atoms with Crippen molar-refractivity contribution in [3.8, 4) is 5.69 Å². The minimum atomic E-state index is -0.671. The maximum absolute atomic E-state index is 13.5. The van der Waals surface area contributed by atoms with Gasteiger partial charge in [0, 0.05) is 52.6 Å². The smallest absolute Gasteiger partial charge is 0.246 e. The molecule has 31 heavy (non-hydrogen) atoms. The van der Waals surface area contributed by atoms with Gasteiger partial charge in [-0.3, -0.25) is 4.90 Å². The van der Waals surface area contributed by atoms with Gasteiger partial charge in [-0.2, -0.15) is 4.98 Å². The summed E-state index contributed by atoms with van der Waals surface area (Å²) >= 11 is 0. The lowest BCUT2D eigenvalue weighted by Crippen LogP contribution is -2.51. The Kier molecular flexibility index (Phi) is 6.15. The lowest BCUT2D eigenvalue weighted by molar-refractivity contribution is 0.171. The van der Waals surface area contributed by atoms with E-state index in [1.807, 2.05) is 19.1 Å². The van der Waals surface area contributed by atoms with Gasteiger partial charge in [0.25, 0.3) is 0 Å². The molecule has 1 aliphatic heterocycles. The molecule has 4 rings (SSSR count). The van der Waals surface area contributed by atoms with Crippen LogP contribution in [-0.4, -0.2) is 64.1 Å². The summed E-state index contributed by atoms with van der Waals surface area (Å²) in [5.41, 5.74) is 3.26. The average molecular weight is 433 g/mol. The van der Waals surface area contributed by atoms with Crippen LogP contribution in [0.15, 0.2) is 42.7 Å². The van der Waals surface area contributed by atoms with Crippen molar-refractivity contribution < 1.29 is 16.7 Å². The van der Waals surface area contributed by atoms with E-state index in [2.05, 4.69) is 38.3 Å². The fraction of sp³-hybridized carbons (Fsp3) is 0.364. The van der Waals surface area contributed by atoms with Gasteiger partial charge in [0.15, 0.2) is 0 Å². The first-order valence-corrected chi connectivity index (χ1v) is 10.2. The fourth-order valence-electron chi connectivity index (χ4n) is 3.90. The summed E-state index contributed by atoms with van der Waals surface area (Å²) in [6.07, 6.45) is 2.15. The fourth-order valence-corrected chi connectivity index (χ4v) is 3.90. The van der Waals surface area contributed by atoms with Crippen LogP contribution in [0, 0.1) is 18.6 Å². The molecule has 7 nitrogen and oxygen atoms in total. The molecule has 0 amide bonds. The largest absolute Gasteiger partial charge is 0.396 e. The normalized spacial score (nSPS) is 17.2. The SMILES string of the molecule is Cc1cc(Nc2ncn(-c3cc(F)cc(F)c3)n2)cc(N2CCN(C)C(CCO)C2)c1.[HH].[HH]. The van der Waals surface area contributed by atoms with E-state index in [4.69, 9.17) is 0 Å². The van der Waals surface area contributed by atoms with Gasteiger partial charge in [0.05, 0.1) is 5.69 Å². The maximum Gasteiger partial charge on any atom is 0.246 e. The Morgan fingerprint density at radius 1 is 1.10 bits per heavy atom. The highest BCUT2D eigenvalue weighted by atomic mass is 19.1. The second kappa shape index (κ2) is 8.99. The Balaban J connectivity index is 0.00000193. The number of nitrogens with one attached hydrogen (secondary N) is 1. The van der Waals surface area contributed by atoms with Crippen molar-refractivity contribution in [3.05, 3.63) is 59.9 Å². The highest BCUT2D eigenvalue weighted by Crippen LogP contribution is 2.26. The molecule has 1 fully saturated rings. The number of aromatic nitrogens is 3. The summed E-state index contributed by atoms with van der Waals surface area (Å²) in [4.78, 5) is 8.82. The molecule has 0 aliphatic carbocycles. The molecule has 1 aliphatic rings. The number of rotatable bonds is 6. The first kappa shape index (κ1) is 21.2. The van der Waals surface area contributed by atoms with E-state index < -0.39 is 11.6 Å². The van der Waals surface area contributed by atoms with E-state index in [1.54, 1.807) is 0 Å². The molecule has 2 aromatic carbocycles. The standard InChI is InChI=1S/C22H26F2N6O.2H2/c1-15-7-18(12-20(8-15)29-5-4-28(2)19(13-29)3-6-31)26-22-25-14-30(27-22)21-10-16(23)9-17(24)11-21;;/h7-12,14,19,31H,3-6,13H2,1-2H3,(H,26,27);2*1H. The molecule has 0 radical (unpaired) electrons. The average Bonchev–Trinajstić information content (AvgIpc) is 3.17. The number of halogens is 2. The number of aliphatic hydroxyl groups excluding tert-OH is 1. The molecule has 168 valence electrons. The van der Waals surface area contributed by atoms with Crippen molar-refractivity contribution in [1.82, 2.24) is 19.7 Å². The van der Waals surface area contributed by atoms with Crippen molar-refractivity contribution in [3.63, 3.8) is 0 Å². The van der Waals surface area contributed by atoms with Crippen molar-refractivity contribution in [2.24, 2.45) is 0 Å². The topological polar surface area (TPSA) is 69.5 Å². The number of likely N-dealkylation sites (N-methyl/N-ethyl adjacent to an activating group) is 1. The zero-order valence-electron chi connectivity index (χ0n) is 17.6. The van der Waals surface area contributed by atoms with Crippen molar-refractivity contribution in [2.45, 2.75) is 19.4 Å². The molecule has 9 heteroatoms. The van der Waals surface area contributed by atoms with Gasteiger partial charge in [-0.05, 0) is 56.3 Å². The summed E-state index contributed by atoms with van der Waals surface area (Å²) in [6, 6.07) is 9.68. The number of nitrogens with zero attached hydrogens (tertiary/aromatic N) is 5. The van der Waals surface area contributed by atoms with Crippen LogP contribution in [0.5, 0.6) is 0 Å². The molecule has 3 aromatic rings. The van der Waals surface area contributed by atoms with Crippen LogP contribution in [0.25, 0.3) is 5.69 Å². The molecular formula is C22H30F2N6O. The molecule has 1 saturated heterocycles. The third-order valence-corrected chi connectivity index (χ3v) is 5.53. The van der Waals surface area contributed by atoms with Crippen LogP contribution < -0.4 is 10.2 Å². The first-order chi connectivity index (χ1) is 14.9. The summed E-state index contributed by atoms with van der Waals surface area (Å²) in [7, 11) is 2.09. The summed E-state index contributed by atoms with van der Waals surface area (Å²) < 4.78 is 28.3. The lowest BCUT2D eigenvalue weighted by atomic mass is 10.1. The van der Waals surface area contributed by atoms with Crippen LogP contribution >= 0.6 is 0 Å². The molecule has 0 saturated carbocycles. The molecular weight excluding hydrogens is 402 g/mol. The van der Waals surface area contributed by atoms with Gasteiger partial charge in [0.1, 0.15) is 18.0 Å². The molecule has 2 heterocycles. The Morgan fingerprint density at radius 2 is 1.87 bits per heavy atom. The summed E-state index contributed by atoms with van der Waals surface area (Å²) in [5.74, 6) is -1.01. The van der Waals surface area contributed by atoms with Crippen LogP contribution in [0.2, 0.25) is 0 Å². The Bertz CT molecular complexity index is 1050. The molecule has 1 atom stereocenters. The zero-order valence-corrected chi connectivity index (χ0v) is 17.6. The van der Waals surface area contributed by atoms with Crippen molar-refractivity contribution in [1.29, 1.82) is 0 Å². The molecule has 2 N–H and O–H groups in total. The number of hydrogen-bond donors (Lipinski definition) is 2. The Hall–Kier alpha value is -3.04. The molecule has 0 bridgehead atoms.